The summed E-state index contributed by atoms with van der Waals surface area (Å²) >= 11 is 0. The van der Waals surface area contributed by atoms with Gasteiger partial charge in [0.05, 0.1) is 18.0 Å². The number of halogens is 1. The predicted octanol–water partition coefficient (Wildman–Crippen LogP) is 5.07. The summed E-state index contributed by atoms with van der Waals surface area (Å²) in [5.41, 5.74) is 3.33. The van der Waals surface area contributed by atoms with Crippen LogP contribution in [0.3, 0.4) is 0 Å². The molecule has 0 bridgehead atoms. The Hall–Kier alpha value is -3.18. The third-order valence-electron chi connectivity index (χ3n) is 5.29. The number of benzene rings is 3. The second-order valence-corrected chi connectivity index (χ2v) is 6.99. The van der Waals surface area contributed by atoms with Crippen LogP contribution in [-0.2, 0) is 13.6 Å². The molecule has 3 aromatic carbocycles. The Bertz CT molecular complexity index is 1210. The number of nitrogens with one attached hydrogen (secondary N) is 1. The fourth-order valence-corrected chi connectivity index (χ4v) is 3.74. The number of fused-ring (bicyclic) bond motifs is 1. The van der Waals surface area contributed by atoms with Crippen LogP contribution in [0.2, 0.25) is 0 Å². The van der Waals surface area contributed by atoms with Gasteiger partial charge >= 0.3 is 0 Å². The van der Waals surface area contributed by atoms with Gasteiger partial charge in [0.1, 0.15) is 11.4 Å². The summed E-state index contributed by atoms with van der Waals surface area (Å²) in [5, 5.41) is 5.67. The molecule has 30 heavy (non-hydrogen) atoms. The van der Waals surface area contributed by atoms with E-state index in [9.17, 15) is 4.79 Å². The van der Waals surface area contributed by atoms with Gasteiger partial charge in [0.15, 0.2) is 0 Å². The first-order valence-electron chi connectivity index (χ1n) is 9.83. The third-order valence-corrected chi connectivity index (χ3v) is 5.29. The number of nitrogens with zero attached hydrogens (tertiary/aromatic N) is 2. The Labute approximate surface area is 182 Å². The van der Waals surface area contributed by atoms with Crippen LogP contribution in [0.1, 0.15) is 18.2 Å². The van der Waals surface area contributed by atoms with Gasteiger partial charge in [-0.25, -0.2) is 4.68 Å². The van der Waals surface area contributed by atoms with Gasteiger partial charge in [-0.15, -0.1) is 12.4 Å². The minimum Gasteiger partial charge on any atom is -0.494 e. The quantitative estimate of drug-likeness (QED) is 0.471. The van der Waals surface area contributed by atoms with Crippen molar-refractivity contribution in [3.05, 3.63) is 88.3 Å². The average Bonchev–Trinajstić information content (AvgIpc) is 2.96. The molecule has 5 nitrogen and oxygen atoms in total. The molecule has 0 aliphatic heterocycles. The number of para-hydroxylation sites is 1. The van der Waals surface area contributed by atoms with Gasteiger partial charge in [-0.05, 0) is 42.8 Å². The molecule has 0 amide bonds. The van der Waals surface area contributed by atoms with Crippen LogP contribution in [0.25, 0.3) is 16.5 Å². The molecule has 0 radical (unpaired) electrons. The molecule has 0 unspecified atom stereocenters. The number of anilines is 1. The summed E-state index contributed by atoms with van der Waals surface area (Å²) in [4.78, 5) is 13.2. The first-order valence-corrected chi connectivity index (χ1v) is 9.83. The van der Waals surface area contributed by atoms with E-state index in [1.54, 1.807) is 4.68 Å². The molecule has 6 heteroatoms. The maximum absolute atomic E-state index is 13.2. The number of aromatic nitrogens is 2. The highest BCUT2D eigenvalue weighted by molar-refractivity contribution is 5.88. The maximum atomic E-state index is 13.2. The van der Waals surface area contributed by atoms with Crippen molar-refractivity contribution in [3.63, 3.8) is 0 Å². The Morgan fingerprint density at radius 2 is 1.67 bits per heavy atom. The molecule has 4 rings (SSSR count). The van der Waals surface area contributed by atoms with E-state index in [0.29, 0.717) is 18.8 Å². The highest BCUT2D eigenvalue weighted by Gasteiger charge is 2.17. The molecule has 1 aromatic heterocycles. The predicted molar refractivity (Wildman–Crippen MR) is 125 cm³/mol. The minimum absolute atomic E-state index is 0. The van der Waals surface area contributed by atoms with E-state index >= 15 is 0 Å². The van der Waals surface area contributed by atoms with Crippen molar-refractivity contribution in [2.45, 2.75) is 20.4 Å². The van der Waals surface area contributed by atoms with Crippen molar-refractivity contribution in [2.24, 2.45) is 7.05 Å². The van der Waals surface area contributed by atoms with Crippen LogP contribution in [0.4, 0.5) is 5.69 Å². The highest BCUT2D eigenvalue weighted by Crippen LogP contribution is 2.29. The maximum Gasteiger partial charge on any atom is 0.295 e. The Balaban J connectivity index is 0.00000256. The molecule has 0 aliphatic carbocycles. The molecule has 0 atom stereocenters. The first kappa shape index (κ1) is 21.5. The normalized spacial score (nSPS) is 10.6. The van der Waals surface area contributed by atoms with Crippen molar-refractivity contribution in [2.75, 3.05) is 11.9 Å². The fraction of sp³-hybridized carbons (Fsp3) is 0.208. The number of hydrogen-bond acceptors (Lipinski definition) is 3. The first-order chi connectivity index (χ1) is 14.1. The van der Waals surface area contributed by atoms with Gasteiger partial charge in [-0.3, -0.25) is 9.48 Å². The summed E-state index contributed by atoms with van der Waals surface area (Å²) in [6.07, 6.45) is 0. The third kappa shape index (κ3) is 3.81. The van der Waals surface area contributed by atoms with Crippen molar-refractivity contribution >= 4 is 28.9 Å². The molecule has 0 saturated heterocycles. The van der Waals surface area contributed by atoms with Crippen molar-refractivity contribution in [3.8, 4) is 11.4 Å². The Morgan fingerprint density at radius 3 is 2.40 bits per heavy atom. The summed E-state index contributed by atoms with van der Waals surface area (Å²) in [6.45, 7) is 5.03. The molecule has 156 valence electrons. The molecule has 1 heterocycles. The smallest absolute Gasteiger partial charge is 0.295 e. The standard InChI is InChI=1S/C24H25N3O2.ClH/c1-4-29-22-15-14-18-10-8-9-13-20(18)21(22)16-25-23-17(2)26(3)27(24(23)28)19-11-6-5-7-12-19;/h5-15,25H,4,16H2,1-3H3;1H. The zero-order valence-electron chi connectivity index (χ0n) is 17.4. The van der Waals surface area contributed by atoms with Crippen LogP contribution in [0.5, 0.6) is 5.75 Å². The molecular weight excluding hydrogens is 398 g/mol. The van der Waals surface area contributed by atoms with Crippen LogP contribution >= 0.6 is 12.4 Å². The summed E-state index contributed by atoms with van der Waals surface area (Å²) < 4.78 is 9.43. The lowest BCUT2D eigenvalue weighted by Gasteiger charge is -2.14. The molecule has 0 fully saturated rings. The second-order valence-electron chi connectivity index (χ2n) is 6.99. The van der Waals surface area contributed by atoms with Gasteiger partial charge in [0.2, 0.25) is 0 Å². The molecule has 4 aromatic rings. The van der Waals surface area contributed by atoms with E-state index in [4.69, 9.17) is 4.74 Å². The lowest BCUT2D eigenvalue weighted by molar-refractivity contribution is 0.337. The largest absolute Gasteiger partial charge is 0.494 e. The minimum atomic E-state index is -0.0607. The zero-order chi connectivity index (χ0) is 20.4. The number of rotatable bonds is 6. The van der Waals surface area contributed by atoms with Gasteiger partial charge < -0.3 is 10.1 Å². The average molecular weight is 424 g/mol. The SMILES string of the molecule is CCOc1ccc2ccccc2c1CNc1c(C)n(C)n(-c2ccccc2)c1=O.Cl. The lowest BCUT2D eigenvalue weighted by atomic mass is 10.0. The monoisotopic (exact) mass is 423 g/mol. The molecule has 0 aliphatic rings. The van der Waals surface area contributed by atoms with E-state index in [-0.39, 0.29) is 18.0 Å². The van der Waals surface area contributed by atoms with Gasteiger partial charge in [0.25, 0.3) is 5.56 Å². The number of ether oxygens (including phenoxy) is 1. The van der Waals surface area contributed by atoms with E-state index in [1.165, 1.54) is 0 Å². The Morgan fingerprint density at radius 1 is 0.967 bits per heavy atom. The van der Waals surface area contributed by atoms with E-state index in [1.807, 2.05) is 74.1 Å². The van der Waals surface area contributed by atoms with Crippen molar-refractivity contribution < 1.29 is 4.74 Å². The zero-order valence-corrected chi connectivity index (χ0v) is 18.2. The lowest BCUT2D eigenvalue weighted by Crippen LogP contribution is -2.21. The van der Waals surface area contributed by atoms with E-state index in [2.05, 4.69) is 23.5 Å². The van der Waals surface area contributed by atoms with Gasteiger partial charge in [-0.2, -0.15) is 0 Å². The van der Waals surface area contributed by atoms with E-state index < -0.39 is 0 Å². The highest BCUT2D eigenvalue weighted by atomic mass is 35.5. The number of hydrogen-bond donors (Lipinski definition) is 1. The summed E-state index contributed by atoms with van der Waals surface area (Å²) in [5.74, 6) is 0.843. The van der Waals surface area contributed by atoms with Crippen LogP contribution in [0.15, 0.2) is 71.5 Å². The second kappa shape index (κ2) is 9.09. The molecular formula is C24H26ClN3O2. The summed E-state index contributed by atoms with van der Waals surface area (Å²) in [6, 6.07) is 22.0. The van der Waals surface area contributed by atoms with Crippen LogP contribution in [-0.4, -0.2) is 16.0 Å². The Kier molecular flexibility index (Phi) is 6.53. The van der Waals surface area contributed by atoms with Gasteiger partial charge in [-0.1, -0.05) is 48.5 Å². The van der Waals surface area contributed by atoms with Crippen molar-refractivity contribution in [1.29, 1.82) is 0 Å². The van der Waals surface area contributed by atoms with Gasteiger partial charge in [0, 0.05) is 19.2 Å². The topological polar surface area (TPSA) is 48.2 Å². The van der Waals surface area contributed by atoms with Crippen LogP contribution < -0.4 is 15.6 Å². The molecule has 1 N–H and O–H groups in total. The fourth-order valence-electron chi connectivity index (χ4n) is 3.74. The van der Waals surface area contributed by atoms with E-state index in [0.717, 1.165) is 33.5 Å². The van der Waals surface area contributed by atoms with Crippen molar-refractivity contribution in [1.82, 2.24) is 9.36 Å². The molecule has 0 saturated carbocycles. The van der Waals surface area contributed by atoms with Crippen LogP contribution in [0, 0.1) is 6.92 Å². The summed E-state index contributed by atoms with van der Waals surface area (Å²) in [7, 11) is 1.90. The molecule has 0 spiro atoms.